The Labute approximate surface area is 140 Å². The van der Waals surface area contributed by atoms with Gasteiger partial charge in [-0.2, -0.15) is 5.26 Å². The molecule has 3 rings (SSSR count). The van der Waals surface area contributed by atoms with Gasteiger partial charge in [-0.25, -0.2) is 9.98 Å². The summed E-state index contributed by atoms with van der Waals surface area (Å²) >= 11 is 0. The van der Waals surface area contributed by atoms with Crippen LogP contribution in [0.2, 0.25) is 0 Å². The van der Waals surface area contributed by atoms with Gasteiger partial charge in [0.05, 0.1) is 6.33 Å². The number of aliphatic imine (C=N–C) groups is 1. The average molecular weight is 315 g/mol. The zero-order chi connectivity index (χ0) is 16.8. The molecule has 5 nitrogen and oxygen atoms in total. The van der Waals surface area contributed by atoms with Gasteiger partial charge >= 0.3 is 0 Å². The molecule has 118 valence electrons. The Morgan fingerprint density at radius 2 is 1.79 bits per heavy atom. The minimum atomic E-state index is 0.294. The molecule has 0 bridgehead atoms. The van der Waals surface area contributed by atoms with E-state index in [2.05, 4.69) is 32.0 Å². The average Bonchev–Trinajstić information content (AvgIpc) is 3.08. The first kappa shape index (κ1) is 15.5. The number of benzene rings is 2. The van der Waals surface area contributed by atoms with Crippen LogP contribution >= 0.6 is 0 Å². The van der Waals surface area contributed by atoms with Crippen LogP contribution in [0.15, 0.2) is 72.0 Å². The number of aromatic nitrogens is 2. The van der Waals surface area contributed by atoms with Crippen molar-refractivity contribution in [2.24, 2.45) is 4.99 Å². The smallest absolute Gasteiger partial charge is 0.184 e. The highest BCUT2D eigenvalue weighted by molar-refractivity contribution is 5.97. The van der Waals surface area contributed by atoms with Crippen LogP contribution in [0, 0.1) is 11.3 Å². The Hall–Kier alpha value is -3.39. The molecule has 0 saturated heterocycles. The highest BCUT2D eigenvalue weighted by Crippen LogP contribution is 2.20. The predicted molar refractivity (Wildman–Crippen MR) is 95.1 cm³/mol. The summed E-state index contributed by atoms with van der Waals surface area (Å²) in [6.45, 7) is 2.62. The summed E-state index contributed by atoms with van der Waals surface area (Å²) in [4.78, 5) is 13.5. The molecule has 0 amide bonds. The van der Waals surface area contributed by atoms with Crippen LogP contribution in [0.3, 0.4) is 0 Å². The molecule has 3 aromatic rings. The lowest BCUT2D eigenvalue weighted by molar-refractivity contribution is 0.996. The number of imidazole rings is 1. The number of nitriles is 1. The molecule has 24 heavy (non-hydrogen) atoms. The molecule has 0 spiro atoms. The number of aromatic amines is 1. The Morgan fingerprint density at radius 1 is 1.12 bits per heavy atom. The molecule has 0 atom stereocenters. The number of H-pyrrole nitrogens is 1. The fourth-order valence-electron chi connectivity index (χ4n) is 2.44. The number of amidine groups is 1. The summed E-state index contributed by atoms with van der Waals surface area (Å²) in [5.74, 6) is 1.26. The van der Waals surface area contributed by atoms with E-state index in [0.717, 1.165) is 11.5 Å². The van der Waals surface area contributed by atoms with E-state index in [4.69, 9.17) is 5.26 Å². The fraction of sp³-hybridized carbons (Fsp3) is 0.105. The van der Waals surface area contributed by atoms with Crippen LogP contribution in [-0.2, 0) is 6.54 Å². The topological polar surface area (TPSA) is 68.1 Å². The van der Waals surface area contributed by atoms with Crippen LogP contribution in [0.25, 0.3) is 0 Å². The van der Waals surface area contributed by atoms with Gasteiger partial charge in [0.15, 0.2) is 11.5 Å². The Bertz CT molecular complexity index is 860. The van der Waals surface area contributed by atoms with Gasteiger partial charge < -0.3 is 9.88 Å². The number of nitrogens with one attached hydrogen (secondary N) is 1. The number of para-hydroxylation sites is 1. The number of hydrogen-bond donors (Lipinski definition) is 1. The van der Waals surface area contributed by atoms with Crippen molar-refractivity contribution in [2.75, 3.05) is 4.90 Å². The van der Waals surface area contributed by atoms with E-state index < -0.39 is 0 Å². The zero-order valence-electron chi connectivity index (χ0n) is 13.3. The number of nitrogens with zero attached hydrogens (tertiary/aromatic N) is 4. The summed E-state index contributed by atoms with van der Waals surface area (Å²) in [5.41, 5.74) is 2.52. The molecule has 0 unspecified atom stereocenters. The highest BCUT2D eigenvalue weighted by Gasteiger charge is 2.12. The van der Waals surface area contributed by atoms with Gasteiger partial charge in [-0.3, -0.25) is 0 Å². The lowest BCUT2D eigenvalue weighted by Gasteiger charge is -2.24. The van der Waals surface area contributed by atoms with Gasteiger partial charge in [-0.1, -0.05) is 48.5 Å². The van der Waals surface area contributed by atoms with E-state index in [1.54, 1.807) is 0 Å². The lowest BCUT2D eigenvalue weighted by Crippen LogP contribution is -2.28. The van der Waals surface area contributed by atoms with E-state index in [0.29, 0.717) is 18.1 Å². The van der Waals surface area contributed by atoms with Gasteiger partial charge in [0.2, 0.25) is 0 Å². The molecule has 2 aromatic carbocycles. The van der Waals surface area contributed by atoms with Crippen molar-refractivity contribution in [3.05, 3.63) is 78.2 Å². The molecule has 5 heteroatoms. The second-order valence-corrected chi connectivity index (χ2v) is 5.28. The normalized spacial score (nSPS) is 11.1. The van der Waals surface area contributed by atoms with Crippen LogP contribution in [0.5, 0.6) is 0 Å². The van der Waals surface area contributed by atoms with Crippen molar-refractivity contribution >= 4 is 17.3 Å². The standard InChI is InChI=1S/C19H17N5/c1-15(23-19-18(12-20)21-14-22-19)24(17-10-6-3-7-11-17)13-16-8-4-2-5-9-16/h2-11,14H,13H2,1H3,(H,21,22). The molecule has 0 radical (unpaired) electrons. The number of anilines is 1. The summed E-state index contributed by atoms with van der Waals surface area (Å²) in [6.07, 6.45) is 1.48. The largest absolute Gasteiger partial charge is 0.329 e. The maximum Gasteiger partial charge on any atom is 0.184 e. The summed E-state index contributed by atoms with van der Waals surface area (Å²) < 4.78 is 0. The van der Waals surface area contributed by atoms with Gasteiger partial charge in [-0.05, 0) is 24.6 Å². The van der Waals surface area contributed by atoms with Crippen molar-refractivity contribution in [3.63, 3.8) is 0 Å². The maximum absolute atomic E-state index is 9.10. The Balaban J connectivity index is 1.96. The minimum Gasteiger partial charge on any atom is -0.329 e. The number of rotatable bonds is 4. The van der Waals surface area contributed by atoms with Crippen LogP contribution in [-0.4, -0.2) is 15.8 Å². The van der Waals surface area contributed by atoms with Crippen molar-refractivity contribution < 1.29 is 0 Å². The molecule has 1 aromatic heterocycles. The van der Waals surface area contributed by atoms with Crippen molar-refractivity contribution in [2.45, 2.75) is 13.5 Å². The first-order chi connectivity index (χ1) is 11.8. The van der Waals surface area contributed by atoms with Gasteiger partial charge in [0.1, 0.15) is 11.9 Å². The molecule has 0 aliphatic rings. The maximum atomic E-state index is 9.10. The van der Waals surface area contributed by atoms with Crippen molar-refractivity contribution in [1.29, 1.82) is 5.26 Å². The van der Waals surface area contributed by atoms with E-state index in [-0.39, 0.29) is 0 Å². The summed E-state index contributed by atoms with van der Waals surface area (Å²) in [7, 11) is 0. The van der Waals surface area contributed by atoms with Gasteiger partial charge in [0, 0.05) is 12.2 Å². The molecule has 0 aliphatic heterocycles. The molecule has 1 N–H and O–H groups in total. The molecule has 0 saturated carbocycles. The van der Waals surface area contributed by atoms with E-state index >= 15 is 0 Å². The van der Waals surface area contributed by atoms with Crippen LogP contribution in [0.1, 0.15) is 18.2 Å². The zero-order valence-corrected chi connectivity index (χ0v) is 13.3. The first-order valence-corrected chi connectivity index (χ1v) is 7.63. The fourth-order valence-corrected chi connectivity index (χ4v) is 2.44. The summed E-state index contributed by atoms with van der Waals surface area (Å²) in [5, 5.41) is 9.10. The van der Waals surface area contributed by atoms with E-state index in [1.165, 1.54) is 11.9 Å². The quantitative estimate of drug-likeness (QED) is 0.583. The third-order valence-electron chi connectivity index (χ3n) is 3.64. The molecule has 0 fully saturated rings. The second kappa shape index (κ2) is 7.25. The van der Waals surface area contributed by atoms with Gasteiger partial charge in [0.25, 0.3) is 0 Å². The van der Waals surface area contributed by atoms with Crippen molar-refractivity contribution in [1.82, 2.24) is 9.97 Å². The first-order valence-electron chi connectivity index (χ1n) is 7.63. The summed E-state index contributed by atoms with van der Waals surface area (Å²) in [6, 6.07) is 22.3. The second-order valence-electron chi connectivity index (χ2n) is 5.28. The third-order valence-corrected chi connectivity index (χ3v) is 3.64. The van der Waals surface area contributed by atoms with Gasteiger partial charge in [-0.15, -0.1) is 0 Å². The lowest BCUT2D eigenvalue weighted by atomic mass is 10.2. The highest BCUT2D eigenvalue weighted by atomic mass is 15.2. The van der Waals surface area contributed by atoms with Crippen LogP contribution in [0.4, 0.5) is 11.5 Å². The van der Waals surface area contributed by atoms with Crippen LogP contribution < -0.4 is 4.90 Å². The third kappa shape index (κ3) is 3.50. The van der Waals surface area contributed by atoms with E-state index in [1.807, 2.05) is 61.5 Å². The molecular weight excluding hydrogens is 298 g/mol. The SMILES string of the molecule is CC(=Nc1[nH]cnc1C#N)N(Cc1ccccc1)c1ccccc1. The molecular formula is C19H17N5. The number of hydrogen-bond acceptors (Lipinski definition) is 3. The Morgan fingerprint density at radius 3 is 2.46 bits per heavy atom. The van der Waals surface area contributed by atoms with E-state index in [9.17, 15) is 0 Å². The Kier molecular flexibility index (Phi) is 4.68. The van der Waals surface area contributed by atoms with Crippen molar-refractivity contribution in [3.8, 4) is 6.07 Å². The molecule has 1 heterocycles. The minimum absolute atomic E-state index is 0.294. The molecule has 0 aliphatic carbocycles. The predicted octanol–water partition coefficient (Wildman–Crippen LogP) is 4.04. The monoisotopic (exact) mass is 315 g/mol.